The van der Waals surface area contributed by atoms with Gasteiger partial charge in [-0.15, -0.1) is 0 Å². The Morgan fingerprint density at radius 2 is 1.78 bits per heavy atom. The average molecular weight is 350 g/mol. The van der Waals surface area contributed by atoms with Crippen molar-refractivity contribution in [1.29, 1.82) is 0 Å². The second-order valence-corrected chi connectivity index (χ2v) is 6.50. The third kappa shape index (κ3) is 3.85. The van der Waals surface area contributed by atoms with Gasteiger partial charge in [-0.05, 0) is 48.7 Å². The topological polar surface area (TPSA) is 53.2 Å². The Morgan fingerprint density at radius 3 is 2.52 bits per heavy atom. The van der Waals surface area contributed by atoms with Crippen LogP contribution in [0.2, 0.25) is 10.0 Å². The number of halogens is 2. The smallest absolute Gasteiger partial charge is 0.242 e. The van der Waals surface area contributed by atoms with E-state index in [4.69, 9.17) is 23.2 Å². The van der Waals surface area contributed by atoms with E-state index in [0.717, 1.165) is 16.8 Å². The van der Waals surface area contributed by atoms with E-state index in [0.29, 0.717) is 16.5 Å². The van der Waals surface area contributed by atoms with Crippen LogP contribution in [0.1, 0.15) is 23.6 Å². The number of nitrogens with one attached hydrogen (secondary N) is 3. The average Bonchev–Trinajstić information content (AvgIpc) is 3.02. The summed E-state index contributed by atoms with van der Waals surface area (Å²) in [7, 11) is 0. The van der Waals surface area contributed by atoms with Crippen LogP contribution >= 0.6 is 23.2 Å². The molecule has 1 saturated heterocycles. The highest BCUT2D eigenvalue weighted by molar-refractivity contribution is 6.31. The molecule has 1 aliphatic rings. The molecule has 6 heteroatoms. The molecule has 3 N–H and O–H groups in total. The molecule has 0 saturated carbocycles. The van der Waals surface area contributed by atoms with Crippen LogP contribution in [0.15, 0.2) is 42.5 Å². The molecule has 0 aromatic heterocycles. The standard InChI is InChI=1S/C17H17Cl2N3O/c1-10-2-5-13(19)8-14(10)20-17(23)16-9-15(21-22-16)11-3-6-12(18)7-4-11/h2-8,15-16,21-22H,9H2,1H3,(H,20,23). The Balaban J connectivity index is 1.65. The molecule has 2 atom stereocenters. The van der Waals surface area contributed by atoms with Gasteiger partial charge in [-0.2, -0.15) is 0 Å². The monoisotopic (exact) mass is 349 g/mol. The van der Waals surface area contributed by atoms with Crippen molar-refractivity contribution in [2.45, 2.75) is 25.4 Å². The molecule has 1 heterocycles. The van der Waals surface area contributed by atoms with Crippen LogP contribution in [-0.4, -0.2) is 11.9 Å². The highest BCUT2D eigenvalue weighted by Gasteiger charge is 2.30. The molecule has 2 unspecified atom stereocenters. The number of anilines is 1. The van der Waals surface area contributed by atoms with Crippen LogP contribution < -0.4 is 16.2 Å². The maximum atomic E-state index is 12.4. The summed E-state index contributed by atoms with van der Waals surface area (Å²) in [6.07, 6.45) is 0.660. The molecule has 0 spiro atoms. The van der Waals surface area contributed by atoms with Gasteiger partial charge in [0.25, 0.3) is 0 Å². The van der Waals surface area contributed by atoms with E-state index < -0.39 is 0 Å². The van der Waals surface area contributed by atoms with E-state index in [9.17, 15) is 4.79 Å². The summed E-state index contributed by atoms with van der Waals surface area (Å²) in [4.78, 5) is 12.4. The molecule has 2 aromatic rings. The van der Waals surface area contributed by atoms with Crippen molar-refractivity contribution >= 4 is 34.8 Å². The number of aryl methyl sites for hydroxylation is 1. The first-order chi connectivity index (χ1) is 11.0. The van der Waals surface area contributed by atoms with Crippen LogP contribution in [0.3, 0.4) is 0 Å². The van der Waals surface area contributed by atoms with Gasteiger partial charge in [0.05, 0.1) is 0 Å². The first kappa shape index (κ1) is 16.3. The molecule has 4 nitrogen and oxygen atoms in total. The Morgan fingerprint density at radius 1 is 1.09 bits per heavy atom. The minimum atomic E-state index is -0.311. The number of hydrazine groups is 1. The summed E-state index contributed by atoms with van der Waals surface area (Å²) in [5.74, 6) is -0.0840. The highest BCUT2D eigenvalue weighted by Crippen LogP contribution is 2.25. The predicted octanol–water partition coefficient (Wildman–Crippen LogP) is 3.85. The lowest BCUT2D eigenvalue weighted by molar-refractivity contribution is -0.117. The van der Waals surface area contributed by atoms with Crippen molar-refractivity contribution in [3.05, 3.63) is 63.6 Å². The van der Waals surface area contributed by atoms with Gasteiger partial charge in [0, 0.05) is 21.8 Å². The molecule has 0 radical (unpaired) electrons. The van der Waals surface area contributed by atoms with E-state index in [1.807, 2.05) is 37.3 Å². The molecule has 23 heavy (non-hydrogen) atoms. The zero-order valence-electron chi connectivity index (χ0n) is 12.6. The maximum Gasteiger partial charge on any atom is 0.242 e. The van der Waals surface area contributed by atoms with Crippen LogP contribution in [0.5, 0.6) is 0 Å². The lowest BCUT2D eigenvalue weighted by Crippen LogP contribution is -2.39. The SMILES string of the molecule is Cc1ccc(Cl)cc1NC(=O)C1CC(c2ccc(Cl)cc2)NN1. The number of hydrogen-bond acceptors (Lipinski definition) is 3. The van der Waals surface area contributed by atoms with E-state index in [2.05, 4.69) is 16.2 Å². The normalized spacial score (nSPS) is 20.5. The number of carbonyl (C=O) groups excluding carboxylic acids is 1. The van der Waals surface area contributed by atoms with Crippen LogP contribution in [0.4, 0.5) is 5.69 Å². The fraction of sp³-hybridized carbons (Fsp3) is 0.235. The number of hydrogen-bond donors (Lipinski definition) is 3. The summed E-state index contributed by atoms with van der Waals surface area (Å²) in [5, 5.41) is 4.23. The van der Waals surface area contributed by atoms with Crippen molar-refractivity contribution in [2.24, 2.45) is 0 Å². The summed E-state index contributed by atoms with van der Waals surface area (Å²) >= 11 is 11.9. The Kier molecular flexibility index (Phi) is 4.87. The molecule has 2 aromatic carbocycles. The molecule has 0 bridgehead atoms. The van der Waals surface area contributed by atoms with E-state index in [1.54, 1.807) is 12.1 Å². The molecular formula is C17H17Cl2N3O. The molecule has 1 aliphatic heterocycles. The minimum Gasteiger partial charge on any atom is -0.324 e. The number of amides is 1. The number of benzene rings is 2. The third-order valence-corrected chi connectivity index (χ3v) is 4.44. The van der Waals surface area contributed by atoms with Gasteiger partial charge in [-0.1, -0.05) is 41.4 Å². The lowest BCUT2D eigenvalue weighted by atomic mass is 10.0. The largest absolute Gasteiger partial charge is 0.324 e. The molecular weight excluding hydrogens is 333 g/mol. The highest BCUT2D eigenvalue weighted by atomic mass is 35.5. The molecule has 1 fully saturated rings. The Bertz CT molecular complexity index is 718. The summed E-state index contributed by atoms with van der Waals surface area (Å²) in [6, 6.07) is 12.8. The zero-order valence-corrected chi connectivity index (χ0v) is 14.1. The second-order valence-electron chi connectivity index (χ2n) is 5.63. The zero-order chi connectivity index (χ0) is 16.4. The second kappa shape index (κ2) is 6.89. The molecule has 1 amide bonds. The van der Waals surface area contributed by atoms with Crippen molar-refractivity contribution in [1.82, 2.24) is 10.9 Å². The van der Waals surface area contributed by atoms with Gasteiger partial charge >= 0.3 is 0 Å². The van der Waals surface area contributed by atoms with Gasteiger partial charge in [-0.3, -0.25) is 4.79 Å². The fourth-order valence-electron chi connectivity index (χ4n) is 2.59. The minimum absolute atomic E-state index is 0.0727. The molecule has 0 aliphatic carbocycles. The van der Waals surface area contributed by atoms with Crippen molar-refractivity contribution in [3.8, 4) is 0 Å². The summed E-state index contributed by atoms with van der Waals surface area (Å²) in [5.41, 5.74) is 9.01. The summed E-state index contributed by atoms with van der Waals surface area (Å²) < 4.78 is 0. The van der Waals surface area contributed by atoms with Crippen LogP contribution in [-0.2, 0) is 4.79 Å². The van der Waals surface area contributed by atoms with E-state index in [-0.39, 0.29) is 18.0 Å². The maximum absolute atomic E-state index is 12.4. The van der Waals surface area contributed by atoms with Crippen molar-refractivity contribution in [3.63, 3.8) is 0 Å². The van der Waals surface area contributed by atoms with Gasteiger partial charge in [-0.25, -0.2) is 10.9 Å². The van der Waals surface area contributed by atoms with E-state index >= 15 is 0 Å². The first-order valence-electron chi connectivity index (χ1n) is 7.36. The van der Waals surface area contributed by atoms with E-state index in [1.165, 1.54) is 0 Å². The third-order valence-electron chi connectivity index (χ3n) is 3.95. The van der Waals surface area contributed by atoms with Crippen molar-refractivity contribution < 1.29 is 4.79 Å². The van der Waals surface area contributed by atoms with Crippen LogP contribution in [0, 0.1) is 6.92 Å². The first-order valence-corrected chi connectivity index (χ1v) is 8.12. The van der Waals surface area contributed by atoms with Gasteiger partial charge in [0.2, 0.25) is 5.91 Å². The predicted molar refractivity (Wildman–Crippen MR) is 93.7 cm³/mol. The quantitative estimate of drug-likeness (QED) is 0.788. The Labute approximate surface area is 145 Å². The van der Waals surface area contributed by atoms with Gasteiger partial charge in [0.1, 0.15) is 6.04 Å². The Hall–Kier alpha value is -1.59. The molecule has 120 valence electrons. The van der Waals surface area contributed by atoms with Gasteiger partial charge < -0.3 is 5.32 Å². The number of carbonyl (C=O) groups is 1. The van der Waals surface area contributed by atoms with Gasteiger partial charge in [0.15, 0.2) is 0 Å². The fourth-order valence-corrected chi connectivity index (χ4v) is 2.89. The lowest BCUT2D eigenvalue weighted by Gasteiger charge is -2.13. The molecule has 3 rings (SSSR count). The van der Waals surface area contributed by atoms with Crippen LogP contribution in [0.25, 0.3) is 0 Å². The number of rotatable bonds is 3. The summed E-state index contributed by atoms with van der Waals surface area (Å²) in [6.45, 7) is 1.93. The van der Waals surface area contributed by atoms with Crippen molar-refractivity contribution in [2.75, 3.05) is 5.32 Å².